The van der Waals surface area contributed by atoms with Crippen molar-refractivity contribution in [3.8, 4) is 0 Å². The Morgan fingerprint density at radius 1 is 1.40 bits per heavy atom. The average molecular weight is 209 g/mol. The minimum absolute atomic E-state index is 0.0525. The van der Waals surface area contributed by atoms with E-state index in [2.05, 4.69) is 30.9 Å². The van der Waals surface area contributed by atoms with E-state index in [1.54, 1.807) is 0 Å². The molecule has 2 N–H and O–H groups in total. The van der Waals surface area contributed by atoms with Crippen molar-refractivity contribution in [2.24, 2.45) is 5.73 Å². The largest absolute Gasteiger partial charge is 0.339 e. The normalized spacial score (nSPS) is 20.0. The van der Waals surface area contributed by atoms with Crippen molar-refractivity contribution in [1.29, 1.82) is 0 Å². The Labute approximate surface area is 90.2 Å². The van der Waals surface area contributed by atoms with Gasteiger partial charge in [0.25, 0.3) is 0 Å². The lowest BCUT2D eigenvalue weighted by molar-refractivity contribution is 0.221. The molecule has 4 nitrogen and oxygen atoms in total. The van der Waals surface area contributed by atoms with E-state index in [0.717, 1.165) is 25.1 Å². The third kappa shape index (κ3) is 2.20. The molecule has 4 heteroatoms. The van der Waals surface area contributed by atoms with Crippen LogP contribution in [0.1, 0.15) is 51.7 Å². The predicted octanol–water partition coefficient (Wildman–Crippen LogP) is 1.79. The van der Waals surface area contributed by atoms with Crippen molar-refractivity contribution in [2.75, 3.05) is 0 Å². The fraction of sp³-hybridized carbons (Fsp3) is 0.818. The minimum Gasteiger partial charge on any atom is -0.339 e. The smallest absolute Gasteiger partial charge is 0.228 e. The summed E-state index contributed by atoms with van der Waals surface area (Å²) < 4.78 is 5.22. The zero-order chi connectivity index (χ0) is 11.1. The van der Waals surface area contributed by atoms with E-state index in [1.165, 1.54) is 6.42 Å². The van der Waals surface area contributed by atoms with Crippen LogP contribution in [0, 0.1) is 0 Å². The Bertz CT molecular complexity index is 347. The summed E-state index contributed by atoms with van der Waals surface area (Å²) >= 11 is 0. The van der Waals surface area contributed by atoms with Gasteiger partial charge in [-0.15, -0.1) is 0 Å². The lowest BCUT2D eigenvalue weighted by atomic mass is 9.75. The minimum atomic E-state index is -0.0817. The summed E-state index contributed by atoms with van der Waals surface area (Å²) in [5, 5.41) is 3.99. The van der Waals surface area contributed by atoms with Crippen LogP contribution in [0.4, 0.5) is 0 Å². The van der Waals surface area contributed by atoms with E-state index in [0.29, 0.717) is 5.89 Å². The van der Waals surface area contributed by atoms with Crippen molar-refractivity contribution < 1.29 is 4.52 Å². The Kier molecular flexibility index (Phi) is 2.34. The first-order valence-electron chi connectivity index (χ1n) is 5.51. The highest BCUT2D eigenvalue weighted by Crippen LogP contribution is 2.32. The second-order valence-corrected chi connectivity index (χ2v) is 5.65. The van der Waals surface area contributed by atoms with Crippen LogP contribution in [0.5, 0.6) is 0 Å². The molecule has 84 valence electrons. The molecule has 0 amide bonds. The summed E-state index contributed by atoms with van der Waals surface area (Å²) in [6.45, 7) is 6.22. The molecule has 1 aromatic heterocycles. The van der Waals surface area contributed by atoms with E-state index < -0.39 is 0 Å². The first-order chi connectivity index (χ1) is 6.89. The number of hydrogen-bond donors (Lipinski definition) is 1. The fourth-order valence-corrected chi connectivity index (χ4v) is 1.74. The Balaban J connectivity index is 2.07. The summed E-state index contributed by atoms with van der Waals surface area (Å²) in [5.41, 5.74) is 5.99. The maximum Gasteiger partial charge on any atom is 0.228 e. The number of hydrogen-bond acceptors (Lipinski definition) is 4. The van der Waals surface area contributed by atoms with Gasteiger partial charge in [-0.3, -0.25) is 0 Å². The third-order valence-corrected chi connectivity index (χ3v) is 2.99. The third-order valence-electron chi connectivity index (χ3n) is 2.99. The van der Waals surface area contributed by atoms with Crippen LogP contribution in [-0.2, 0) is 11.8 Å². The van der Waals surface area contributed by atoms with Crippen LogP contribution in [0.2, 0.25) is 0 Å². The first kappa shape index (κ1) is 10.6. The molecule has 0 atom stereocenters. The topological polar surface area (TPSA) is 64.9 Å². The summed E-state index contributed by atoms with van der Waals surface area (Å²) in [5.74, 6) is 1.45. The molecule has 1 heterocycles. The van der Waals surface area contributed by atoms with Crippen LogP contribution < -0.4 is 5.73 Å². The van der Waals surface area contributed by atoms with Gasteiger partial charge in [0.05, 0.1) is 0 Å². The zero-order valence-electron chi connectivity index (χ0n) is 9.71. The van der Waals surface area contributed by atoms with E-state index >= 15 is 0 Å². The summed E-state index contributed by atoms with van der Waals surface area (Å²) in [6.07, 6.45) is 4.08. The van der Waals surface area contributed by atoms with E-state index in [9.17, 15) is 0 Å². The second kappa shape index (κ2) is 3.30. The number of nitrogens with two attached hydrogens (primary N) is 1. The van der Waals surface area contributed by atoms with Crippen LogP contribution in [0.25, 0.3) is 0 Å². The van der Waals surface area contributed by atoms with Gasteiger partial charge in [-0.05, 0) is 19.3 Å². The van der Waals surface area contributed by atoms with E-state index in [1.807, 2.05) is 0 Å². The molecule has 0 bridgehead atoms. The molecule has 1 aromatic rings. The molecular formula is C11H19N3O. The molecule has 0 saturated heterocycles. The maximum absolute atomic E-state index is 6.13. The van der Waals surface area contributed by atoms with Crippen LogP contribution >= 0.6 is 0 Å². The van der Waals surface area contributed by atoms with Crippen LogP contribution in [0.15, 0.2) is 4.52 Å². The van der Waals surface area contributed by atoms with Gasteiger partial charge in [0.2, 0.25) is 5.89 Å². The molecule has 0 unspecified atom stereocenters. The lowest BCUT2D eigenvalue weighted by Crippen LogP contribution is -2.48. The summed E-state index contributed by atoms with van der Waals surface area (Å²) in [7, 11) is 0. The monoisotopic (exact) mass is 209 g/mol. The first-order valence-corrected chi connectivity index (χ1v) is 5.51. The van der Waals surface area contributed by atoms with Gasteiger partial charge in [-0.2, -0.15) is 4.98 Å². The molecular weight excluding hydrogens is 190 g/mol. The number of aromatic nitrogens is 2. The van der Waals surface area contributed by atoms with Gasteiger partial charge < -0.3 is 10.3 Å². The van der Waals surface area contributed by atoms with Crippen LogP contribution in [-0.4, -0.2) is 15.7 Å². The van der Waals surface area contributed by atoms with E-state index in [4.69, 9.17) is 10.3 Å². The van der Waals surface area contributed by atoms with Crippen molar-refractivity contribution in [3.63, 3.8) is 0 Å². The highest BCUT2D eigenvalue weighted by molar-refractivity contribution is 5.04. The van der Waals surface area contributed by atoms with Crippen molar-refractivity contribution >= 4 is 0 Å². The fourth-order valence-electron chi connectivity index (χ4n) is 1.74. The van der Waals surface area contributed by atoms with Crippen LogP contribution in [0.3, 0.4) is 0 Å². The van der Waals surface area contributed by atoms with Gasteiger partial charge in [-0.25, -0.2) is 0 Å². The molecule has 0 spiro atoms. The molecule has 1 saturated carbocycles. The van der Waals surface area contributed by atoms with Gasteiger partial charge in [0, 0.05) is 17.4 Å². The molecule has 1 fully saturated rings. The summed E-state index contributed by atoms with van der Waals surface area (Å²) in [4.78, 5) is 4.39. The lowest BCUT2D eigenvalue weighted by Gasteiger charge is -2.36. The SMILES string of the molecule is CC(C)(C)c1noc(CC2(N)CCC2)n1. The van der Waals surface area contributed by atoms with Crippen molar-refractivity contribution in [1.82, 2.24) is 10.1 Å². The quantitative estimate of drug-likeness (QED) is 0.806. The number of rotatable bonds is 2. The maximum atomic E-state index is 6.13. The Morgan fingerprint density at radius 3 is 2.47 bits per heavy atom. The Hall–Kier alpha value is -0.900. The Morgan fingerprint density at radius 2 is 2.07 bits per heavy atom. The van der Waals surface area contributed by atoms with Crippen molar-refractivity contribution in [3.05, 3.63) is 11.7 Å². The standard InChI is InChI=1S/C11H19N3O/c1-10(2,3)9-13-8(15-14-9)7-11(12)5-4-6-11/h4-7,12H2,1-3H3. The molecule has 0 aromatic carbocycles. The number of nitrogens with zero attached hydrogens (tertiary/aromatic N) is 2. The molecule has 2 rings (SSSR count). The predicted molar refractivity (Wildman–Crippen MR) is 57.5 cm³/mol. The van der Waals surface area contributed by atoms with E-state index in [-0.39, 0.29) is 11.0 Å². The molecule has 0 aliphatic heterocycles. The zero-order valence-corrected chi connectivity index (χ0v) is 9.71. The molecule has 15 heavy (non-hydrogen) atoms. The molecule has 1 aliphatic rings. The van der Waals surface area contributed by atoms with Crippen molar-refractivity contribution in [2.45, 2.75) is 57.4 Å². The molecule has 1 aliphatic carbocycles. The highest BCUT2D eigenvalue weighted by atomic mass is 16.5. The highest BCUT2D eigenvalue weighted by Gasteiger charge is 2.35. The summed E-state index contributed by atoms with van der Waals surface area (Å²) in [6, 6.07) is 0. The molecule has 0 radical (unpaired) electrons. The van der Waals surface area contributed by atoms with Gasteiger partial charge in [0.15, 0.2) is 5.82 Å². The van der Waals surface area contributed by atoms with Gasteiger partial charge in [-0.1, -0.05) is 25.9 Å². The van der Waals surface area contributed by atoms with Gasteiger partial charge >= 0.3 is 0 Å². The second-order valence-electron chi connectivity index (χ2n) is 5.65. The van der Waals surface area contributed by atoms with Gasteiger partial charge in [0.1, 0.15) is 0 Å². The average Bonchev–Trinajstić information content (AvgIpc) is 2.49.